The Balaban J connectivity index is 1.91. The van der Waals surface area contributed by atoms with Gasteiger partial charge in [-0.3, -0.25) is 14.9 Å². The summed E-state index contributed by atoms with van der Waals surface area (Å²) in [6.45, 7) is 1.38. The molecule has 3 rings (SSSR count). The predicted octanol–water partition coefficient (Wildman–Crippen LogP) is 2.90. The van der Waals surface area contributed by atoms with E-state index in [0.717, 1.165) is 13.0 Å². The van der Waals surface area contributed by atoms with Crippen molar-refractivity contribution < 1.29 is 14.5 Å². The maximum Gasteiger partial charge on any atom is 0.294 e. The quantitative estimate of drug-likeness (QED) is 0.357. The Bertz CT molecular complexity index is 922. The van der Waals surface area contributed by atoms with Crippen LogP contribution in [0.1, 0.15) is 12.0 Å². The molecule has 0 bridgehead atoms. The van der Waals surface area contributed by atoms with Crippen molar-refractivity contribution >= 4 is 29.0 Å². The number of hydrogen-bond donors (Lipinski definition) is 1. The highest BCUT2D eigenvalue weighted by molar-refractivity contribution is 6.10. The summed E-state index contributed by atoms with van der Waals surface area (Å²) in [6, 6.07) is 11.1. The van der Waals surface area contributed by atoms with E-state index in [2.05, 4.69) is 4.90 Å². The summed E-state index contributed by atoms with van der Waals surface area (Å²) in [4.78, 5) is 27.1. The maximum atomic E-state index is 13.0. The van der Waals surface area contributed by atoms with Crippen LogP contribution in [0.3, 0.4) is 0 Å². The van der Waals surface area contributed by atoms with Crippen LogP contribution in [-0.2, 0) is 4.79 Å². The minimum Gasteiger partial charge on any atom is -0.449 e. The van der Waals surface area contributed by atoms with Crippen molar-refractivity contribution in [2.24, 2.45) is 0 Å². The number of carbonyl (C=O) groups is 1. The average Bonchev–Trinajstić information content (AvgIpc) is 2.64. The zero-order valence-electron chi connectivity index (χ0n) is 15.8. The normalized spacial score (nSPS) is 14.9. The number of anilines is 2. The summed E-state index contributed by atoms with van der Waals surface area (Å²) in [7, 11) is 3.96. The Labute approximate surface area is 163 Å². The van der Waals surface area contributed by atoms with Crippen molar-refractivity contribution in [3.05, 3.63) is 63.9 Å². The number of nitrogens with zero attached hydrogens (tertiary/aromatic N) is 3. The fourth-order valence-electron chi connectivity index (χ4n) is 2.94. The van der Waals surface area contributed by atoms with E-state index < -0.39 is 4.92 Å². The van der Waals surface area contributed by atoms with Crippen LogP contribution < -0.4 is 15.4 Å². The van der Waals surface area contributed by atoms with Crippen molar-refractivity contribution in [3.8, 4) is 5.75 Å². The molecular weight excluding hydrogens is 360 g/mol. The standard InChI is InChI=1S/C20H22N4O4/c1-22(2)10-3-11-23-17-9-6-15(21)13-18(17)28-19(20(23)25)12-14-4-7-16(8-5-14)24(26)27/h4-9,12-13H,3,10-11,21H2,1-2H3/b19-12+. The van der Waals surface area contributed by atoms with Gasteiger partial charge in [0.05, 0.1) is 10.6 Å². The fraction of sp³-hybridized carbons (Fsp3) is 0.250. The second-order valence-corrected chi connectivity index (χ2v) is 6.80. The molecular formula is C20H22N4O4. The molecule has 1 heterocycles. The van der Waals surface area contributed by atoms with Gasteiger partial charge in [0.25, 0.3) is 11.6 Å². The fourth-order valence-corrected chi connectivity index (χ4v) is 2.94. The highest BCUT2D eigenvalue weighted by atomic mass is 16.6. The average molecular weight is 382 g/mol. The molecule has 0 spiro atoms. The van der Waals surface area contributed by atoms with E-state index in [9.17, 15) is 14.9 Å². The third-order valence-corrected chi connectivity index (χ3v) is 4.34. The highest BCUT2D eigenvalue weighted by Crippen LogP contribution is 2.37. The summed E-state index contributed by atoms with van der Waals surface area (Å²) in [5.41, 5.74) is 7.71. The summed E-state index contributed by atoms with van der Waals surface area (Å²) in [5, 5.41) is 10.8. The number of carbonyl (C=O) groups excluding carboxylic acids is 1. The first-order chi connectivity index (χ1) is 13.3. The molecule has 1 amide bonds. The Kier molecular flexibility index (Phi) is 5.60. The van der Waals surface area contributed by atoms with Gasteiger partial charge >= 0.3 is 0 Å². The minimum absolute atomic E-state index is 0.0125. The van der Waals surface area contributed by atoms with Crippen LogP contribution in [0.2, 0.25) is 0 Å². The zero-order chi connectivity index (χ0) is 20.3. The van der Waals surface area contributed by atoms with Crippen molar-refractivity contribution in [3.63, 3.8) is 0 Å². The van der Waals surface area contributed by atoms with Gasteiger partial charge in [-0.05, 0) is 63.0 Å². The number of non-ortho nitro benzene ring substituents is 1. The van der Waals surface area contributed by atoms with Gasteiger partial charge < -0.3 is 20.3 Å². The van der Waals surface area contributed by atoms with Crippen LogP contribution in [0, 0.1) is 10.1 Å². The molecule has 146 valence electrons. The Hall–Kier alpha value is -3.39. The first-order valence-electron chi connectivity index (χ1n) is 8.85. The summed E-state index contributed by atoms with van der Waals surface area (Å²) in [5.74, 6) is 0.406. The molecule has 8 nitrogen and oxygen atoms in total. The number of fused-ring (bicyclic) bond motifs is 1. The van der Waals surface area contributed by atoms with E-state index in [-0.39, 0.29) is 17.4 Å². The lowest BCUT2D eigenvalue weighted by Gasteiger charge is -2.31. The number of hydrogen-bond acceptors (Lipinski definition) is 6. The van der Waals surface area contributed by atoms with Gasteiger partial charge in [0.1, 0.15) is 0 Å². The van der Waals surface area contributed by atoms with E-state index in [1.54, 1.807) is 41.3 Å². The Morgan fingerprint density at radius 2 is 1.93 bits per heavy atom. The minimum atomic E-state index is -0.468. The van der Waals surface area contributed by atoms with Crippen molar-refractivity contribution in [1.29, 1.82) is 0 Å². The largest absolute Gasteiger partial charge is 0.449 e. The first kappa shape index (κ1) is 19.4. The maximum absolute atomic E-state index is 13.0. The Morgan fingerprint density at radius 1 is 1.21 bits per heavy atom. The molecule has 0 saturated heterocycles. The van der Waals surface area contributed by atoms with Gasteiger partial charge in [-0.2, -0.15) is 0 Å². The molecule has 28 heavy (non-hydrogen) atoms. The van der Waals surface area contributed by atoms with Gasteiger partial charge in [-0.25, -0.2) is 0 Å². The summed E-state index contributed by atoms with van der Waals surface area (Å²) >= 11 is 0. The zero-order valence-corrected chi connectivity index (χ0v) is 15.8. The molecule has 2 aromatic carbocycles. The molecule has 1 aliphatic heterocycles. The second kappa shape index (κ2) is 8.10. The van der Waals surface area contributed by atoms with Crippen LogP contribution in [0.15, 0.2) is 48.2 Å². The SMILES string of the molecule is CN(C)CCCN1C(=O)/C(=C\c2ccc([N+](=O)[O-])cc2)Oc2cc(N)ccc21. The van der Waals surface area contributed by atoms with Crippen LogP contribution in [-0.4, -0.2) is 42.9 Å². The third kappa shape index (κ3) is 4.29. The number of nitro benzene ring substituents is 1. The van der Waals surface area contributed by atoms with E-state index >= 15 is 0 Å². The van der Waals surface area contributed by atoms with Crippen molar-refractivity contribution in [2.45, 2.75) is 6.42 Å². The number of amides is 1. The topological polar surface area (TPSA) is 102 Å². The summed E-state index contributed by atoms with van der Waals surface area (Å²) in [6.07, 6.45) is 2.38. The number of nitro groups is 1. The van der Waals surface area contributed by atoms with Crippen LogP contribution in [0.4, 0.5) is 17.1 Å². The van der Waals surface area contributed by atoms with Gasteiger partial charge in [0.15, 0.2) is 11.5 Å². The highest BCUT2D eigenvalue weighted by Gasteiger charge is 2.30. The molecule has 8 heteroatoms. The molecule has 2 N–H and O–H groups in total. The lowest BCUT2D eigenvalue weighted by atomic mass is 10.1. The molecule has 0 atom stereocenters. The van der Waals surface area contributed by atoms with Crippen LogP contribution in [0.25, 0.3) is 6.08 Å². The molecule has 0 radical (unpaired) electrons. The molecule has 0 aliphatic carbocycles. The molecule has 0 unspecified atom stereocenters. The number of nitrogens with two attached hydrogens (primary N) is 1. The van der Waals surface area contributed by atoms with Gasteiger partial charge in [0.2, 0.25) is 0 Å². The van der Waals surface area contributed by atoms with Crippen molar-refractivity contribution in [1.82, 2.24) is 4.90 Å². The van der Waals surface area contributed by atoms with Gasteiger partial charge in [-0.1, -0.05) is 0 Å². The molecule has 0 aromatic heterocycles. The second-order valence-electron chi connectivity index (χ2n) is 6.80. The van der Waals surface area contributed by atoms with E-state index in [1.165, 1.54) is 12.1 Å². The molecule has 2 aromatic rings. The number of nitrogen functional groups attached to an aromatic ring is 1. The monoisotopic (exact) mass is 382 g/mol. The third-order valence-electron chi connectivity index (χ3n) is 4.34. The lowest BCUT2D eigenvalue weighted by molar-refractivity contribution is -0.384. The smallest absolute Gasteiger partial charge is 0.294 e. The van der Waals surface area contributed by atoms with Gasteiger partial charge in [-0.15, -0.1) is 0 Å². The number of rotatable bonds is 6. The van der Waals surface area contributed by atoms with Crippen molar-refractivity contribution in [2.75, 3.05) is 37.8 Å². The summed E-state index contributed by atoms with van der Waals surface area (Å²) < 4.78 is 5.81. The van der Waals surface area contributed by atoms with E-state index in [0.29, 0.717) is 29.2 Å². The van der Waals surface area contributed by atoms with Gasteiger partial charge in [0, 0.05) is 30.4 Å². The number of ether oxygens (including phenoxy) is 1. The first-order valence-corrected chi connectivity index (χ1v) is 8.85. The molecule has 0 saturated carbocycles. The molecule has 0 fully saturated rings. The lowest BCUT2D eigenvalue weighted by Crippen LogP contribution is -2.38. The number of benzene rings is 2. The van der Waals surface area contributed by atoms with E-state index in [4.69, 9.17) is 10.5 Å². The van der Waals surface area contributed by atoms with Crippen LogP contribution >= 0.6 is 0 Å². The molecule has 1 aliphatic rings. The predicted molar refractivity (Wildman–Crippen MR) is 108 cm³/mol. The van der Waals surface area contributed by atoms with E-state index in [1.807, 2.05) is 14.1 Å². The Morgan fingerprint density at radius 3 is 2.57 bits per heavy atom. The van der Waals surface area contributed by atoms with Crippen LogP contribution in [0.5, 0.6) is 5.75 Å².